The molecule has 0 saturated carbocycles. The highest BCUT2D eigenvalue weighted by Gasteiger charge is 2.48. The minimum atomic E-state index is -0.498. The van der Waals surface area contributed by atoms with Crippen molar-refractivity contribution in [1.29, 1.82) is 0 Å². The lowest BCUT2D eigenvalue weighted by atomic mass is 9.82. The SMILES string of the molecule is CC(C)C1C=CC23N=CN=C2C(Cl)=NC3=C1. The topological polar surface area (TPSA) is 37.1 Å². The number of nitrogens with zero attached hydrogens (tertiary/aromatic N) is 3. The summed E-state index contributed by atoms with van der Waals surface area (Å²) >= 11 is 6.07. The second-order valence-electron chi connectivity index (χ2n) is 4.62. The summed E-state index contributed by atoms with van der Waals surface area (Å²) in [6, 6.07) is 0. The Hall–Kier alpha value is -1.22. The third-order valence-corrected chi connectivity index (χ3v) is 3.56. The molecule has 3 rings (SSSR count). The van der Waals surface area contributed by atoms with E-state index in [2.05, 4.69) is 47.1 Å². The highest BCUT2D eigenvalue weighted by molar-refractivity contribution is 6.86. The van der Waals surface area contributed by atoms with Gasteiger partial charge in [0.05, 0.1) is 5.70 Å². The second-order valence-corrected chi connectivity index (χ2v) is 4.98. The molecule has 82 valence electrons. The monoisotopic (exact) mass is 233 g/mol. The fourth-order valence-electron chi connectivity index (χ4n) is 2.25. The Morgan fingerprint density at radius 3 is 3.00 bits per heavy atom. The van der Waals surface area contributed by atoms with Crippen LogP contribution in [0.4, 0.5) is 0 Å². The predicted octanol–water partition coefficient (Wildman–Crippen LogP) is 2.58. The van der Waals surface area contributed by atoms with Crippen molar-refractivity contribution in [3.05, 3.63) is 23.9 Å². The van der Waals surface area contributed by atoms with Gasteiger partial charge in [-0.05, 0) is 17.9 Å². The summed E-state index contributed by atoms with van der Waals surface area (Å²) in [5.74, 6) is 0.963. The fraction of sp³-hybridized carbons (Fsp3) is 0.417. The van der Waals surface area contributed by atoms with Crippen LogP contribution in [-0.4, -0.2) is 22.8 Å². The van der Waals surface area contributed by atoms with E-state index in [9.17, 15) is 0 Å². The van der Waals surface area contributed by atoms with E-state index < -0.39 is 5.54 Å². The number of halogens is 1. The Kier molecular flexibility index (Phi) is 1.96. The van der Waals surface area contributed by atoms with Crippen LogP contribution in [0, 0.1) is 11.8 Å². The maximum atomic E-state index is 6.07. The molecule has 4 heteroatoms. The molecule has 0 fully saturated rings. The van der Waals surface area contributed by atoms with Crippen LogP contribution in [0.15, 0.2) is 38.9 Å². The largest absolute Gasteiger partial charge is 0.250 e. The Balaban J connectivity index is 2.10. The molecule has 0 aromatic rings. The van der Waals surface area contributed by atoms with Crippen molar-refractivity contribution < 1.29 is 0 Å². The molecule has 1 aliphatic carbocycles. The first-order chi connectivity index (χ1) is 7.63. The lowest BCUT2D eigenvalue weighted by Gasteiger charge is -2.26. The highest BCUT2D eigenvalue weighted by Crippen LogP contribution is 2.41. The fourth-order valence-corrected chi connectivity index (χ4v) is 2.54. The molecule has 2 heterocycles. The van der Waals surface area contributed by atoms with Crippen molar-refractivity contribution in [3.8, 4) is 0 Å². The van der Waals surface area contributed by atoms with Gasteiger partial charge in [-0.25, -0.2) is 15.0 Å². The van der Waals surface area contributed by atoms with Gasteiger partial charge in [0.15, 0.2) is 10.7 Å². The number of aliphatic imine (C=N–C) groups is 3. The lowest BCUT2D eigenvalue weighted by molar-refractivity contribution is 0.533. The van der Waals surface area contributed by atoms with Gasteiger partial charge < -0.3 is 0 Å². The summed E-state index contributed by atoms with van der Waals surface area (Å²) in [7, 11) is 0. The van der Waals surface area contributed by atoms with Crippen molar-refractivity contribution in [2.24, 2.45) is 26.8 Å². The summed E-state index contributed by atoms with van der Waals surface area (Å²) in [5.41, 5.74) is 1.19. The zero-order chi connectivity index (χ0) is 11.3. The van der Waals surface area contributed by atoms with Crippen LogP contribution < -0.4 is 0 Å². The molecular formula is C12H12ClN3. The molecule has 1 spiro atoms. The molecule has 16 heavy (non-hydrogen) atoms. The molecule has 2 atom stereocenters. The van der Waals surface area contributed by atoms with E-state index in [1.54, 1.807) is 6.34 Å². The molecule has 0 saturated heterocycles. The summed E-state index contributed by atoms with van der Waals surface area (Å²) in [6.45, 7) is 4.38. The maximum Gasteiger partial charge on any atom is 0.167 e. The van der Waals surface area contributed by atoms with Gasteiger partial charge in [-0.3, -0.25) is 0 Å². The van der Waals surface area contributed by atoms with Crippen molar-refractivity contribution in [3.63, 3.8) is 0 Å². The zero-order valence-electron chi connectivity index (χ0n) is 9.18. The minimum absolute atomic E-state index is 0.406. The normalized spacial score (nSPS) is 34.8. The van der Waals surface area contributed by atoms with E-state index in [0.717, 1.165) is 11.4 Å². The van der Waals surface area contributed by atoms with Gasteiger partial charge in [0.2, 0.25) is 0 Å². The molecule has 2 unspecified atom stereocenters. The molecule has 0 bridgehead atoms. The van der Waals surface area contributed by atoms with Crippen LogP contribution in [0.3, 0.4) is 0 Å². The van der Waals surface area contributed by atoms with Gasteiger partial charge in [0.25, 0.3) is 0 Å². The lowest BCUT2D eigenvalue weighted by Crippen LogP contribution is -2.34. The third-order valence-electron chi connectivity index (χ3n) is 3.29. The maximum absolute atomic E-state index is 6.07. The Bertz CT molecular complexity index is 496. The van der Waals surface area contributed by atoms with Crippen LogP contribution in [0.5, 0.6) is 0 Å². The Morgan fingerprint density at radius 1 is 1.44 bits per heavy atom. The molecule has 0 radical (unpaired) electrons. The van der Waals surface area contributed by atoms with E-state index in [1.807, 2.05) is 0 Å². The molecule has 3 aliphatic rings. The molecule has 3 nitrogen and oxygen atoms in total. The quantitative estimate of drug-likeness (QED) is 0.625. The molecule has 2 aliphatic heterocycles. The van der Waals surface area contributed by atoms with Crippen LogP contribution in [0.1, 0.15) is 13.8 Å². The first kappa shape index (κ1) is 9.97. The Labute approximate surface area is 99.3 Å². The van der Waals surface area contributed by atoms with Crippen LogP contribution in [0.2, 0.25) is 0 Å². The van der Waals surface area contributed by atoms with Gasteiger partial charge >= 0.3 is 0 Å². The van der Waals surface area contributed by atoms with E-state index in [1.165, 1.54) is 0 Å². The average molecular weight is 234 g/mol. The van der Waals surface area contributed by atoms with E-state index in [-0.39, 0.29) is 0 Å². The number of allylic oxidation sites excluding steroid dienone is 2. The minimum Gasteiger partial charge on any atom is -0.250 e. The summed E-state index contributed by atoms with van der Waals surface area (Å²) in [4.78, 5) is 13.0. The van der Waals surface area contributed by atoms with Gasteiger partial charge in [0, 0.05) is 0 Å². The van der Waals surface area contributed by atoms with Crippen LogP contribution in [0.25, 0.3) is 0 Å². The smallest absolute Gasteiger partial charge is 0.167 e. The summed E-state index contributed by atoms with van der Waals surface area (Å²) in [5, 5.41) is 0.470. The number of rotatable bonds is 1. The summed E-state index contributed by atoms with van der Waals surface area (Å²) < 4.78 is 0. The average Bonchev–Trinajstić information content (AvgIpc) is 2.74. The standard InChI is InChI=1S/C12H12ClN3/c1-7(2)8-3-4-12-9(5-8)16-11(13)10(12)14-6-15-12/h3-8H,1-2H3. The molecule has 0 amide bonds. The summed E-state index contributed by atoms with van der Waals surface area (Å²) in [6.07, 6.45) is 7.98. The van der Waals surface area contributed by atoms with Gasteiger partial charge in [-0.15, -0.1) is 0 Å². The van der Waals surface area contributed by atoms with Crippen molar-refractivity contribution in [2.45, 2.75) is 19.4 Å². The first-order valence-electron chi connectivity index (χ1n) is 5.42. The number of hydrogen-bond acceptors (Lipinski definition) is 3. The van der Waals surface area contributed by atoms with Gasteiger partial charge in [-0.1, -0.05) is 37.6 Å². The zero-order valence-corrected chi connectivity index (χ0v) is 9.94. The number of hydrogen-bond donors (Lipinski definition) is 0. The van der Waals surface area contributed by atoms with Gasteiger partial charge in [0.1, 0.15) is 12.1 Å². The van der Waals surface area contributed by atoms with E-state index in [0.29, 0.717) is 17.0 Å². The first-order valence-corrected chi connectivity index (χ1v) is 5.79. The van der Waals surface area contributed by atoms with E-state index in [4.69, 9.17) is 11.6 Å². The molecule has 0 N–H and O–H groups in total. The second kappa shape index (κ2) is 3.14. The van der Waals surface area contributed by atoms with E-state index >= 15 is 0 Å². The molecular weight excluding hydrogens is 222 g/mol. The molecule has 0 aromatic carbocycles. The van der Waals surface area contributed by atoms with Crippen molar-refractivity contribution in [2.75, 3.05) is 0 Å². The third kappa shape index (κ3) is 1.12. The van der Waals surface area contributed by atoms with Crippen LogP contribution >= 0.6 is 11.6 Å². The van der Waals surface area contributed by atoms with Crippen molar-refractivity contribution >= 4 is 28.8 Å². The molecule has 0 aromatic heterocycles. The Morgan fingerprint density at radius 2 is 2.25 bits per heavy atom. The van der Waals surface area contributed by atoms with Crippen LogP contribution in [-0.2, 0) is 0 Å². The predicted molar refractivity (Wildman–Crippen MR) is 67.5 cm³/mol. The van der Waals surface area contributed by atoms with Gasteiger partial charge in [-0.2, -0.15) is 0 Å². The highest BCUT2D eigenvalue weighted by atomic mass is 35.5. The van der Waals surface area contributed by atoms with Crippen molar-refractivity contribution in [1.82, 2.24) is 0 Å².